The Labute approximate surface area is 194 Å². The van der Waals surface area contributed by atoms with Crippen LogP contribution in [0.25, 0.3) is 5.65 Å². The summed E-state index contributed by atoms with van der Waals surface area (Å²) in [6.45, 7) is 3.64. The summed E-state index contributed by atoms with van der Waals surface area (Å²) in [4.78, 5) is 6.06. The summed E-state index contributed by atoms with van der Waals surface area (Å²) in [5.74, 6) is 0.0919. The van der Waals surface area contributed by atoms with E-state index < -0.39 is 35.5 Å². The van der Waals surface area contributed by atoms with Crippen molar-refractivity contribution >= 4 is 17.6 Å². The van der Waals surface area contributed by atoms with Crippen LogP contribution < -0.4 is 15.0 Å². The molecular weight excluding hydrogens is 484 g/mol. The summed E-state index contributed by atoms with van der Waals surface area (Å²) in [6.07, 6.45) is -10.0. The summed E-state index contributed by atoms with van der Waals surface area (Å²) in [7, 11) is 0. The van der Waals surface area contributed by atoms with Crippen LogP contribution in [0.3, 0.4) is 0 Å². The average Bonchev–Trinajstić information content (AvgIpc) is 3.43. The lowest BCUT2D eigenvalue weighted by Crippen LogP contribution is -2.48. The first-order valence-electron chi connectivity index (χ1n) is 10.9. The van der Waals surface area contributed by atoms with Gasteiger partial charge in [0, 0.05) is 26.1 Å². The molecule has 4 heterocycles. The Morgan fingerprint density at radius 1 is 1.09 bits per heavy atom. The third kappa shape index (κ3) is 4.43. The van der Waals surface area contributed by atoms with E-state index in [9.17, 15) is 26.3 Å². The predicted molar refractivity (Wildman–Crippen MR) is 109 cm³/mol. The van der Waals surface area contributed by atoms with Crippen LogP contribution in [0.15, 0.2) is 16.5 Å². The number of ether oxygens (including phenoxy) is 1. The van der Waals surface area contributed by atoms with Crippen molar-refractivity contribution in [3.63, 3.8) is 0 Å². The van der Waals surface area contributed by atoms with E-state index in [1.807, 2.05) is 4.90 Å². The minimum absolute atomic E-state index is 0.107. The minimum atomic E-state index is -4.80. The molecule has 0 radical (unpaired) electrons. The van der Waals surface area contributed by atoms with Crippen LogP contribution in [0.1, 0.15) is 31.4 Å². The van der Waals surface area contributed by atoms with Gasteiger partial charge in [-0.2, -0.15) is 31.3 Å². The first-order chi connectivity index (χ1) is 16.4. The first kappa shape index (κ1) is 23.5. The van der Waals surface area contributed by atoms with Gasteiger partial charge in [-0.05, 0) is 43.7 Å². The molecule has 0 aromatic carbocycles. The molecule has 1 saturated heterocycles. The Balaban J connectivity index is 1.42. The van der Waals surface area contributed by atoms with E-state index in [-0.39, 0.29) is 23.8 Å². The van der Waals surface area contributed by atoms with Crippen molar-refractivity contribution in [2.75, 3.05) is 23.3 Å². The van der Waals surface area contributed by atoms with Crippen LogP contribution in [0.4, 0.5) is 38.3 Å². The van der Waals surface area contributed by atoms with Crippen molar-refractivity contribution < 1.29 is 35.5 Å². The number of alkyl halides is 6. The highest BCUT2D eigenvalue weighted by molar-refractivity contribution is 5.57. The Hall–Kier alpha value is -3.26. The van der Waals surface area contributed by atoms with Gasteiger partial charge in [-0.25, -0.2) is 4.52 Å². The number of piperidine rings is 1. The van der Waals surface area contributed by atoms with Crippen LogP contribution >= 0.6 is 0 Å². The number of rotatable bonds is 5. The molecule has 1 unspecified atom stereocenters. The monoisotopic (exact) mass is 505 g/mol. The summed E-state index contributed by atoms with van der Waals surface area (Å²) in [5.41, 5.74) is -1.63. The molecule has 1 N–H and O–H groups in total. The molecule has 0 amide bonds. The zero-order valence-electron chi connectivity index (χ0n) is 18.6. The highest BCUT2D eigenvalue weighted by atomic mass is 19.4. The Bertz CT molecular complexity index is 1210. The van der Waals surface area contributed by atoms with Gasteiger partial charge in [0.2, 0.25) is 11.8 Å². The Morgan fingerprint density at radius 2 is 1.77 bits per heavy atom. The number of aryl methyl sites for hydroxylation is 1. The fourth-order valence-corrected chi connectivity index (χ4v) is 4.74. The van der Waals surface area contributed by atoms with Crippen molar-refractivity contribution in [1.29, 1.82) is 0 Å². The average molecular weight is 505 g/mol. The molecule has 15 heteroatoms. The van der Waals surface area contributed by atoms with Gasteiger partial charge < -0.3 is 19.4 Å². The van der Waals surface area contributed by atoms with Crippen molar-refractivity contribution in [1.82, 2.24) is 24.8 Å². The van der Waals surface area contributed by atoms with Gasteiger partial charge in [-0.15, -0.1) is 10.2 Å². The second-order valence-corrected chi connectivity index (χ2v) is 8.83. The molecule has 35 heavy (non-hydrogen) atoms. The molecule has 1 aliphatic heterocycles. The quantitative estimate of drug-likeness (QED) is 0.519. The molecule has 1 aliphatic carbocycles. The van der Waals surface area contributed by atoms with Crippen molar-refractivity contribution in [3.05, 3.63) is 23.7 Å². The van der Waals surface area contributed by atoms with E-state index in [1.165, 1.54) is 0 Å². The number of nitrogens with zero attached hydrogens (tertiary/aromatic N) is 6. The van der Waals surface area contributed by atoms with Gasteiger partial charge in [0.1, 0.15) is 5.69 Å². The first-order valence-corrected chi connectivity index (χ1v) is 10.9. The third-order valence-corrected chi connectivity index (χ3v) is 6.42. The summed E-state index contributed by atoms with van der Waals surface area (Å²) < 4.78 is 90.5. The summed E-state index contributed by atoms with van der Waals surface area (Å²) >= 11 is 0. The standard InChI is InChI=1S/C20H21F6N7O2/c1-9(19(21,22)23)34-13-5-6-14(20(24,25)26)33-16(13)28-17(31-33)27-15-11-3-4-12(15)8-32(7-11)18-30-29-10(2)35-18/h5-6,9,11-12,15H,3-4,7-8H2,1-2H3,(H,27,31)/t9-,11-,12+,15?/m1/s1. The molecule has 2 aliphatic rings. The second-order valence-electron chi connectivity index (χ2n) is 8.83. The lowest BCUT2D eigenvalue weighted by Gasteiger charge is -2.37. The number of aromatic nitrogens is 5. The van der Waals surface area contributed by atoms with Gasteiger partial charge in [0.25, 0.3) is 0 Å². The molecule has 3 aromatic heterocycles. The highest BCUT2D eigenvalue weighted by Crippen LogP contribution is 2.40. The second kappa shape index (κ2) is 8.16. The van der Waals surface area contributed by atoms with Gasteiger partial charge in [-0.1, -0.05) is 5.10 Å². The summed E-state index contributed by atoms with van der Waals surface area (Å²) in [5, 5.41) is 14.9. The SMILES string of the molecule is Cc1nnc(N2C[C@H]3CC[C@@H](C2)C3Nc2nc3c(O[C@H](C)C(F)(F)F)ccc(C(F)(F)F)n3n2)o1. The lowest BCUT2D eigenvalue weighted by molar-refractivity contribution is -0.189. The maximum atomic E-state index is 13.6. The molecule has 5 rings (SSSR count). The molecule has 1 saturated carbocycles. The number of halogens is 6. The van der Waals surface area contributed by atoms with E-state index in [0.29, 0.717) is 35.6 Å². The number of hydrogen-bond acceptors (Lipinski definition) is 8. The van der Waals surface area contributed by atoms with E-state index in [2.05, 4.69) is 25.6 Å². The molecular formula is C20H21F6N7O2. The summed E-state index contributed by atoms with van der Waals surface area (Å²) in [6, 6.07) is 1.73. The molecule has 2 bridgehead atoms. The van der Waals surface area contributed by atoms with Gasteiger partial charge in [0.05, 0.1) is 0 Å². The van der Waals surface area contributed by atoms with Crippen LogP contribution in [-0.2, 0) is 6.18 Å². The molecule has 3 aromatic rings. The van der Waals surface area contributed by atoms with Gasteiger partial charge >= 0.3 is 18.4 Å². The Morgan fingerprint density at radius 3 is 2.34 bits per heavy atom. The van der Waals surface area contributed by atoms with E-state index in [0.717, 1.165) is 25.8 Å². The molecule has 0 spiro atoms. The predicted octanol–water partition coefficient (Wildman–Crippen LogP) is 4.10. The number of nitrogens with one attached hydrogen (secondary N) is 1. The molecule has 2 fully saturated rings. The maximum Gasteiger partial charge on any atom is 0.433 e. The van der Waals surface area contributed by atoms with Gasteiger partial charge in [-0.3, -0.25) is 0 Å². The van der Waals surface area contributed by atoms with Crippen LogP contribution in [0.5, 0.6) is 5.75 Å². The lowest BCUT2D eigenvalue weighted by atomic mass is 9.92. The normalized spacial score (nSPS) is 23.7. The largest absolute Gasteiger partial charge is 0.477 e. The van der Waals surface area contributed by atoms with Crippen LogP contribution in [0.2, 0.25) is 0 Å². The zero-order valence-corrected chi connectivity index (χ0v) is 18.6. The van der Waals surface area contributed by atoms with E-state index >= 15 is 0 Å². The number of anilines is 2. The molecule has 190 valence electrons. The zero-order chi connectivity index (χ0) is 25.1. The van der Waals surface area contributed by atoms with Crippen molar-refractivity contribution in [3.8, 4) is 5.75 Å². The fraction of sp³-hybridized carbons (Fsp3) is 0.600. The minimum Gasteiger partial charge on any atom is -0.477 e. The van der Waals surface area contributed by atoms with Crippen LogP contribution in [0, 0.1) is 18.8 Å². The van der Waals surface area contributed by atoms with Crippen LogP contribution in [-0.4, -0.2) is 56.2 Å². The highest BCUT2D eigenvalue weighted by Gasteiger charge is 2.44. The topological polar surface area (TPSA) is 93.6 Å². The molecule has 9 nitrogen and oxygen atoms in total. The van der Waals surface area contributed by atoms with Gasteiger partial charge in [0.15, 0.2) is 17.5 Å². The molecule has 4 atom stereocenters. The Kier molecular flexibility index (Phi) is 5.47. The van der Waals surface area contributed by atoms with E-state index in [1.54, 1.807) is 6.92 Å². The van der Waals surface area contributed by atoms with E-state index in [4.69, 9.17) is 9.15 Å². The van der Waals surface area contributed by atoms with Crippen molar-refractivity contribution in [2.24, 2.45) is 11.8 Å². The number of pyridine rings is 1. The van der Waals surface area contributed by atoms with Crippen molar-refractivity contribution in [2.45, 2.75) is 51.2 Å². The number of hydrogen-bond donors (Lipinski definition) is 1. The smallest absolute Gasteiger partial charge is 0.433 e. The maximum absolute atomic E-state index is 13.6. The number of fused-ring (bicyclic) bond motifs is 3. The fourth-order valence-electron chi connectivity index (χ4n) is 4.74. The third-order valence-electron chi connectivity index (χ3n) is 6.42.